The van der Waals surface area contributed by atoms with Crippen molar-refractivity contribution in [3.05, 3.63) is 29.8 Å². The van der Waals surface area contributed by atoms with E-state index in [0.29, 0.717) is 12.8 Å². The van der Waals surface area contributed by atoms with Crippen LogP contribution in [0.15, 0.2) is 24.3 Å². The lowest BCUT2D eigenvalue weighted by molar-refractivity contribution is -0.142. The van der Waals surface area contributed by atoms with Gasteiger partial charge in [-0.3, -0.25) is 9.59 Å². The Balaban J connectivity index is 1.86. The molecule has 126 valence electrons. The average Bonchev–Trinajstić information content (AvgIpc) is 2.50. The highest BCUT2D eigenvalue weighted by molar-refractivity contribution is 5.82. The lowest BCUT2D eigenvalue weighted by atomic mass is 9.74. The average molecular weight is 321 g/mol. The van der Waals surface area contributed by atoms with Crippen LogP contribution in [0.3, 0.4) is 0 Å². The zero-order valence-corrected chi connectivity index (χ0v) is 13.5. The number of carbonyl (C=O) groups excluding carboxylic acids is 1. The van der Waals surface area contributed by atoms with Crippen LogP contribution in [0.2, 0.25) is 0 Å². The molecule has 1 aliphatic rings. The summed E-state index contributed by atoms with van der Waals surface area (Å²) in [5.41, 5.74) is 0.309. The van der Waals surface area contributed by atoms with Crippen LogP contribution in [0.5, 0.6) is 5.75 Å². The third-order valence-electron chi connectivity index (χ3n) is 4.19. The maximum atomic E-state index is 12.2. The van der Waals surface area contributed by atoms with Gasteiger partial charge in [0.15, 0.2) is 0 Å². The first-order valence-electron chi connectivity index (χ1n) is 7.72. The smallest absolute Gasteiger partial charge is 0.305 e. The number of nitrogens with one attached hydrogen (secondary N) is 1. The Morgan fingerprint density at radius 1 is 1.39 bits per heavy atom. The molecule has 0 aliphatic heterocycles. The van der Waals surface area contributed by atoms with Gasteiger partial charge in [-0.05, 0) is 43.9 Å². The SMILES string of the molecule is COc1cccc(COC(C)C(=O)NC2(CC(=O)O)CCC2)c1. The molecule has 1 amide bonds. The quantitative estimate of drug-likeness (QED) is 0.766. The minimum Gasteiger partial charge on any atom is -0.497 e. The zero-order valence-electron chi connectivity index (χ0n) is 13.5. The Kier molecular flexibility index (Phi) is 5.60. The lowest BCUT2D eigenvalue weighted by Gasteiger charge is -2.42. The Morgan fingerprint density at radius 3 is 2.70 bits per heavy atom. The molecular formula is C17H23NO5. The highest BCUT2D eigenvalue weighted by Crippen LogP contribution is 2.35. The molecular weight excluding hydrogens is 298 g/mol. The normalized spacial score (nSPS) is 17.0. The van der Waals surface area contributed by atoms with Crippen LogP contribution >= 0.6 is 0 Å². The van der Waals surface area contributed by atoms with Crippen LogP contribution in [-0.2, 0) is 20.9 Å². The molecule has 2 rings (SSSR count). The van der Waals surface area contributed by atoms with Crippen molar-refractivity contribution in [3.63, 3.8) is 0 Å². The third kappa shape index (κ3) is 4.69. The minimum atomic E-state index is -0.894. The van der Waals surface area contributed by atoms with Crippen LogP contribution in [0.25, 0.3) is 0 Å². The fraction of sp³-hybridized carbons (Fsp3) is 0.529. The van der Waals surface area contributed by atoms with Crippen molar-refractivity contribution in [1.82, 2.24) is 5.32 Å². The van der Waals surface area contributed by atoms with Gasteiger partial charge in [-0.1, -0.05) is 12.1 Å². The largest absolute Gasteiger partial charge is 0.497 e. The van der Waals surface area contributed by atoms with E-state index in [1.165, 1.54) is 0 Å². The first-order valence-corrected chi connectivity index (χ1v) is 7.72. The molecule has 1 aromatic rings. The lowest BCUT2D eigenvalue weighted by Crippen LogP contribution is -2.56. The van der Waals surface area contributed by atoms with Gasteiger partial charge in [-0.15, -0.1) is 0 Å². The second kappa shape index (κ2) is 7.46. The summed E-state index contributed by atoms with van der Waals surface area (Å²) in [5.74, 6) is -0.429. The summed E-state index contributed by atoms with van der Waals surface area (Å²) in [5, 5.41) is 11.8. The number of ether oxygens (including phenoxy) is 2. The highest BCUT2D eigenvalue weighted by Gasteiger charge is 2.41. The predicted octanol–water partition coefficient (Wildman–Crippen LogP) is 2.11. The minimum absolute atomic E-state index is 0.0403. The fourth-order valence-electron chi connectivity index (χ4n) is 2.66. The number of rotatable bonds is 8. The Morgan fingerprint density at radius 2 is 2.13 bits per heavy atom. The van der Waals surface area contributed by atoms with Crippen LogP contribution in [0.4, 0.5) is 0 Å². The number of carbonyl (C=O) groups is 2. The standard InChI is InChI=1S/C17H23NO5/c1-12(23-11-13-5-3-6-14(9-13)22-2)16(21)18-17(7-4-8-17)10-15(19)20/h3,5-6,9,12H,4,7-8,10-11H2,1-2H3,(H,18,21)(H,19,20). The van der Waals surface area contributed by atoms with Gasteiger partial charge in [-0.25, -0.2) is 0 Å². The van der Waals surface area contributed by atoms with Gasteiger partial charge in [-0.2, -0.15) is 0 Å². The van der Waals surface area contributed by atoms with Crippen molar-refractivity contribution in [2.24, 2.45) is 0 Å². The van der Waals surface area contributed by atoms with Gasteiger partial charge in [0.05, 0.1) is 25.7 Å². The van der Waals surface area contributed by atoms with Crippen LogP contribution in [-0.4, -0.2) is 35.7 Å². The molecule has 1 atom stereocenters. The van der Waals surface area contributed by atoms with Crippen molar-refractivity contribution < 1.29 is 24.2 Å². The van der Waals surface area contributed by atoms with Crippen LogP contribution < -0.4 is 10.1 Å². The molecule has 0 aromatic heterocycles. The first-order chi connectivity index (χ1) is 10.9. The Bertz CT molecular complexity index is 568. The molecule has 1 fully saturated rings. The second-order valence-electron chi connectivity index (χ2n) is 6.00. The highest BCUT2D eigenvalue weighted by atomic mass is 16.5. The van der Waals surface area contributed by atoms with Crippen molar-refractivity contribution in [2.45, 2.75) is 50.9 Å². The molecule has 0 saturated heterocycles. The van der Waals surface area contributed by atoms with Crippen molar-refractivity contribution in [3.8, 4) is 5.75 Å². The molecule has 2 N–H and O–H groups in total. The zero-order chi connectivity index (χ0) is 16.9. The van der Waals surface area contributed by atoms with Gasteiger partial charge in [0.2, 0.25) is 5.91 Å². The van der Waals surface area contributed by atoms with Gasteiger partial charge < -0.3 is 19.9 Å². The topological polar surface area (TPSA) is 84.9 Å². The summed E-state index contributed by atoms with van der Waals surface area (Å²) < 4.78 is 10.7. The van der Waals surface area contributed by atoms with E-state index < -0.39 is 17.6 Å². The molecule has 1 unspecified atom stereocenters. The predicted molar refractivity (Wildman–Crippen MR) is 84.2 cm³/mol. The molecule has 0 radical (unpaired) electrons. The maximum Gasteiger partial charge on any atom is 0.305 e. The molecule has 0 bridgehead atoms. The number of hydrogen-bond donors (Lipinski definition) is 2. The molecule has 1 aliphatic carbocycles. The third-order valence-corrected chi connectivity index (χ3v) is 4.19. The fourth-order valence-corrected chi connectivity index (χ4v) is 2.66. The first kappa shape index (κ1) is 17.3. The summed E-state index contributed by atoms with van der Waals surface area (Å²) in [6.45, 7) is 1.96. The molecule has 0 heterocycles. The summed E-state index contributed by atoms with van der Waals surface area (Å²) >= 11 is 0. The van der Waals surface area contributed by atoms with Crippen molar-refractivity contribution in [1.29, 1.82) is 0 Å². The Labute approximate surface area is 135 Å². The molecule has 0 spiro atoms. The van der Waals surface area contributed by atoms with E-state index in [4.69, 9.17) is 14.6 Å². The number of carboxylic acid groups (broad SMARTS) is 1. The van der Waals surface area contributed by atoms with E-state index in [9.17, 15) is 9.59 Å². The molecule has 1 saturated carbocycles. The van der Waals surface area contributed by atoms with Crippen molar-refractivity contribution in [2.75, 3.05) is 7.11 Å². The molecule has 6 nitrogen and oxygen atoms in total. The number of carboxylic acids is 1. The van der Waals surface area contributed by atoms with E-state index in [-0.39, 0.29) is 18.9 Å². The van der Waals surface area contributed by atoms with Gasteiger partial charge in [0.25, 0.3) is 0 Å². The number of aliphatic carboxylic acids is 1. The molecule has 6 heteroatoms. The Hall–Kier alpha value is -2.08. The number of amides is 1. The van der Waals surface area contributed by atoms with Crippen molar-refractivity contribution >= 4 is 11.9 Å². The number of methoxy groups -OCH3 is 1. The van der Waals surface area contributed by atoms with Gasteiger partial charge in [0.1, 0.15) is 11.9 Å². The van der Waals surface area contributed by atoms with Gasteiger partial charge >= 0.3 is 5.97 Å². The molecule has 1 aromatic carbocycles. The summed E-state index contributed by atoms with van der Waals surface area (Å²) in [6, 6.07) is 7.44. The second-order valence-corrected chi connectivity index (χ2v) is 6.00. The van der Waals surface area contributed by atoms with E-state index in [0.717, 1.165) is 17.7 Å². The summed E-state index contributed by atoms with van der Waals surface area (Å²) in [4.78, 5) is 23.2. The number of hydrogen-bond acceptors (Lipinski definition) is 4. The van der Waals surface area contributed by atoms with E-state index in [2.05, 4.69) is 5.32 Å². The van der Waals surface area contributed by atoms with Crippen LogP contribution in [0.1, 0.15) is 38.2 Å². The monoisotopic (exact) mass is 321 g/mol. The van der Waals surface area contributed by atoms with E-state index in [1.807, 2.05) is 24.3 Å². The van der Waals surface area contributed by atoms with Crippen LogP contribution in [0, 0.1) is 0 Å². The maximum absolute atomic E-state index is 12.2. The summed E-state index contributed by atoms with van der Waals surface area (Å²) in [6.07, 6.45) is 1.65. The number of benzene rings is 1. The van der Waals surface area contributed by atoms with E-state index >= 15 is 0 Å². The summed E-state index contributed by atoms with van der Waals surface area (Å²) in [7, 11) is 1.59. The molecule has 23 heavy (non-hydrogen) atoms. The van der Waals surface area contributed by atoms with E-state index in [1.54, 1.807) is 14.0 Å². The van der Waals surface area contributed by atoms with Gasteiger partial charge in [0, 0.05) is 0 Å².